The molecule has 0 unspecified atom stereocenters. The highest BCUT2D eigenvalue weighted by atomic mass is 16.3. The summed E-state index contributed by atoms with van der Waals surface area (Å²) >= 11 is 0. The molecule has 1 aromatic carbocycles. The van der Waals surface area contributed by atoms with E-state index in [9.17, 15) is 9.90 Å². The van der Waals surface area contributed by atoms with Gasteiger partial charge in [-0.3, -0.25) is 4.79 Å². The second-order valence-electron chi connectivity index (χ2n) is 7.31. The summed E-state index contributed by atoms with van der Waals surface area (Å²) in [5.41, 5.74) is 4.77. The molecule has 0 amide bonds. The zero-order valence-corrected chi connectivity index (χ0v) is 14.6. The Hall–Kier alpha value is -1.41. The highest BCUT2D eigenvalue weighted by Crippen LogP contribution is 2.40. The van der Waals surface area contributed by atoms with Gasteiger partial charge in [-0.1, -0.05) is 59.8 Å². The Morgan fingerprint density at radius 3 is 1.73 bits per heavy atom. The predicted octanol–water partition coefficient (Wildman–Crippen LogP) is 4.64. The number of carbonyl (C=O) groups excluding carboxylic acids is 1. The van der Waals surface area contributed by atoms with Crippen LogP contribution in [0.2, 0.25) is 0 Å². The van der Waals surface area contributed by atoms with Gasteiger partial charge in [-0.05, 0) is 46.1 Å². The molecule has 0 saturated heterocycles. The highest BCUT2D eigenvalue weighted by Gasteiger charge is 2.34. The number of aliphatic hydroxyl groups excluding tert-OH is 1. The second kappa shape index (κ2) is 6.37. The standard InChI is InChI=1S/C20H28O2/c1-11(2)14-9-15(12(3)4)19(16(10-14)13(5)6)20-17(21)7-8-18(20)22/h7-13,17,20-21H,1-6H3/t17-,20+/m1/s1. The van der Waals surface area contributed by atoms with E-state index in [1.807, 2.05) is 0 Å². The molecule has 0 saturated carbocycles. The average molecular weight is 300 g/mol. The maximum atomic E-state index is 12.3. The first-order valence-corrected chi connectivity index (χ1v) is 8.31. The molecule has 0 fully saturated rings. The minimum absolute atomic E-state index is 0.0218. The number of hydrogen-bond acceptors (Lipinski definition) is 2. The molecule has 1 aromatic rings. The lowest BCUT2D eigenvalue weighted by Crippen LogP contribution is -2.22. The molecule has 1 N–H and O–H groups in total. The van der Waals surface area contributed by atoms with Crippen LogP contribution < -0.4 is 0 Å². The van der Waals surface area contributed by atoms with Gasteiger partial charge in [0.2, 0.25) is 0 Å². The maximum Gasteiger partial charge on any atom is 0.165 e. The maximum absolute atomic E-state index is 12.3. The van der Waals surface area contributed by atoms with Gasteiger partial charge < -0.3 is 5.11 Å². The number of hydrogen-bond donors (Lipinski definition) is 1. The van der Waals surface area contributed by atoms with Crippen molar-refractivity contribution in [3.05, 3.63) is 46.5 Å². The van der Waals surface area contributed by atoms with Gasteiger partial charge in [0.1, 0.15) is 0 Å². The first-order valence-electron chi connectivity index (χ1n) is 8.31. The molecule has 2 rings (SSSR count). The summed E-state index contributed by atoms with van der Waals surface area (Å²) in [5, 5.41) is 10.3. The molecule has 0 heterocycles. The molecule has 2 heteroatoms. The van der Waals surface area contributed by atoms with Crippen LogP contribution >= 0.6 is 0 Å². The Morgan fingerprint density at radius 2 is 1.41 bits per heavy atom. The van der Waals surface area contributed by atoms with Crippen LogP contribution in [-0.2, 0) is 4.79 Å². The van der Waals surface area contributed by atoms with Crippen LogP contribution in [0, 0.1) is 0 Å². The van der Waals surface area contributed by atoms with Crippen molar-refractivity contribution < 1.29 is 9.90 Å². The third-order valence-electron chi connectivity index (χ3n) is 4.59. The van der Waals surface area contributed by atoms with E-state index in [0.717, 1.165) is 5.56 Å². The van der Waals surface area contributed by atoms with Gasteiger partial charge in [0.15, 0.2) is 5.78 Å². The number of allylic oxidation sites excluding steroid dienone is 1. The number of benzene rings is 1. The number of ketones is 1. The van der Waals surface area contributed by atoms with Crippen LogP contribution in [0.3, 0.4) is 0 Å². The summed E-state index contributed by atoms with van der Waals surface area (Å²) in [6.45, 7) is 13.0. The zero-order chi connectivity index (χ0) is 16.6. The first kappa shape index (κ1) is 17.0. The molecule has 1 aliphatic carbocycles. The Bertz CT molecular complexity index is 565. The van der Waals surface area contributed by atoms with Gasteiger partial charge in [-0.25, -0.2) is 0 Å². The molecule has 0 spiro atoms. The van der Waals surface area contributed by atoms with Gasteiger partial charge in [0, 0.05) is 0 Å². The monoisotopic (exact) mass is 300 g/mol. The molecule has 0 aliphatic heterocycles. The van der Waals surface area contributed by atoms with E-state index in [0.29, 0.717) is 17.8 Å². The van der Waals surface area contributed by atoms with Crippen molar-refractivity contribution in [1.29, 1.82) is 0 Å². The Balaban J connectivity index is 2.72. The molecular formula is C20H28O2. The van der Waals surface area contributed by atoms with Gasteiger partial charge in [0.05, 0.1) is 12.0 Å². The molecule has 2 nitrogen and oxygen atoms in total. The third-order valence-corrected chi connectivity index (χ3v) is 4.59. The van der Waals surface area contributed by atoms with Crippen molar-refractivity contribution in [2.75, 3.05) is 0 Å². The summed E-state index contributed by atoms with van der Waals surface area (Å²) in [6.07, 6.45) is 2.45. The fourth-order valence-electron chi connectivity index (χ4n) is 3.26. The quantitative estimate of drug-likeness (QED) is 0.879. The zero-order valence-electron chi connectivity index (χ0n) is 14.6. The molecule has 2 atom stereocenters. The topological polar surface area (TPSA) is 37.3 Å². The minimum Gasteiger partial charge on any atom is -0.388 e. The summed E-state index contributed by atoms with van der Waals surface area (Å²) in [5.74, 6) is 0.689. The molecule has 120 valence electrons. The van der Waals surface area contributed by atoms with Crippen LogP contribution in [0.4, 0.5) is 0 Å². The van der Waals surface area contributed by atoms with E-state index >= 15 is 0 Å². The van der Waals surface area contributed by atoms with Gasteiger partial charge in [0.25, 0.3) is 0 Å². The van der Waals surface area contributed by atoms with Crippen molar-refractivity contribution in [1.82, 2.24) is 0 Å². The van der Waals surface area contributed by atoms with Crippen LogP contribution in [0.15, 0.2) is 24.3 Å². The van der Waals surface area contributed by atoms with E-state index in [2.05, 4.69) is 53.7 Å². The number of aliphatic hydroxyl groups is 1. The van der Waals surface area contributed by atoms with E-state index in [4.69, 9.17) is 0 Å². The second-order valence-corrected chi connectivity index (χ2v) is 7.31. The van der Waals surface area contributed by atoms with Crippen LogP contribution in [0.5, 0.6) is 0 Å². The largest absolute Gasteiger partial charge is 0.388 e. The molecule has 1 aliphatic rings. The third kappa shape index (κ3) is 3.03. The highest BCUT2D eigenvalue weighted by molar-refractivity contribution is 5.99. The van der Waals surface area contributed by atoms with Crippen molar-refractivity contribution in [3.63, 3.8) is 0 Å². The smallest absolute Gasteiger partial charge is 0.165 e. The van der Waals surface area contributed by atoms with Crippen molar-refractivity contribution in [2.45, 2.75) is 71.3 Å². The lowest BCUT2D eigenvalue weighted by Gasteiger charge is -2.27. The molecule has 0 aromatic heterocycles. The molecular weight excluding hydrogens is 272 g/mol. The van der Waals surface area contributed by atoms with Crippen LogP contribution in [0.1, 0.15) is 87.5 Å². The predicted molar refractivity (Wildman–Crippen MR) is 91.6 cm³/mol. The number of carbonyl (C=O) groups is 1. The molecule has 22 heavy (non-hydrogen) atoms. The lowest BCUT2D eigenvalue weighted by atomic mass is 9.78. The van der Waals surface area contributed by atoms with Gasteiger partial charge in [-0.2, -0.15) is 0 Å². The van der Waals surface area contributed by atoms with Crippen molar-refractivity contribution in [2.24, 2.45) is 0 Å². The van der Waals surface area contributed by atoms with E-state index in [-0.39, 0.29) is 5.78 Å². The van der Waals surface area contributed by atoms with Crippen molar-refractivity contribution in [3.8, 4) is 0 Å². The SMILES string of the molecule is CC(C)c1cc(C(C)C)c([C@@H]2C(=O)C=C[C@H]2O)c(C(C)C)c1. The number of rotatable bonds is 4. The fraction of sp³-hybridized carbons (Fsp3) is 0.550. The normalized spacial score (nSPS) is 21.6. The lowest BCUT2D eigenvalue weighted by molar-refractivity contribution is -0.116. The van der Waals surface area contributed by atoms with E-state index in [1.54, 1.807) is 6.08 Å². The summed E-state index contributed by atoms with van der Waals surface area (Å²) in [6, 6.07) is 4.46. The summed E-state index contributed by atoms with van der Waals surface area (Å²) < 4.78 is 0. The van der Waals surface area contributed by atoms with Crippen LogP contribution in [0.25, 0.3) is 0 Å². The Morgan fingerprint density at radius 1 is 0.909 bits per heavy atom. The Labute approximate surface area is 134 Å². The molecule has 0 radical (unpaired) electrons. The molecule has 0 bridgehead atoms. The minimum atomic E-state index is -0.701. The van der Waals surface area contributed by atoms with Crippen molar-refractivity contribution >= 4 is 5.78 Å². The average Bonchev–Trinajstić information content (AvgIpc) is 2.76. The van der Waals surface area contributed by atoms with E-state index < -0.39 is 12.0 Å². The first-order chi connectivity index (χ1) is 10.2. The van der Waals surface area contributed by atoms with E-state index in [1.165, 1.54) is 22.8 Å². The van der Waals surface area contributed by atoms with Gasteiger partial charge >= 0.3 is 0 Å². The van der Waals surface area contributed by atoms with Crippen LogP contribution in [-0.4, -0.2) is 17.0 Å². The van der Waals surface area contributed by atoms with Gasteiger partial charge in [-0.15, -0.1) is 0 Å². The summed E-state index contributed by atoms with van der Waals surface area (Å²) in [7, 11) is 0. The fourth-order valence-corrected chi connectivity index (χ4v) is 3.26. The Kier molecular flexibility index (Phi) is 4.91. The summed E-state index contributed by atoms with van der Waals surface area (Å²) in [4.78, 5) is 12.3.